The van der Waals surface area contributed by atoms with Crippen LogP contribution in [0, 0.1) is 13.8 Å². The molecule has 0 N–H and O–H groups in total. The van der Waals surface area contributed by atoms with E-state index in [9.17, 15) is 13.2 Å². The molecule has 0 saturated carbocycles. The fourth-order valence-corrected chi connectivity index (χ4v) is 5.77. The summed E-state index contributed by atoms with van der Waals surface area (Å²) in [5, 5.41) is 0. The molecule has 0 unspecified atom stereocenters. The number of amides is 1. The van der Waals surface area contributed by atoms with Crippen molar-refractivity contribution < 1.29 is 13.2 Å². The van der Waals surface area contributed by atoms with E-state index in [-0.39, 0.29) is 5.91 Å². The van der Waals surface area contributed by atoms with Gasteiger partial charge in [-0.05, 0) is 51.7 Å². The van der Waals surface area contributed by atoms with Gasteiger partial charge in [0.05, 0.1) is 0 Å². The smallest absolute Gasteiger partial charge is 0.282 e. The highest BCUT2D eigenvalue weighted by Gasteiger charge is 2.33. The average molecular weight is 397 g/mol. The number of hydrogen-bond donors (Lipinski definition) is 0. The molecule has 2 aliphatic heterocycles. The van der Waals surface area contributed by atoms with Crippen LogP contribution in [0.3, 0.4) is 0 Å². The van der Waals surface area contributed by atoms with E-state index in [1.165, 1.54) is 11.4 Å². The van der Waals surface area contributed by atoms with Crippen molar-refractivity contribution in [2.45, 2.75) is 52.5 Å². The minimum absolute atomic E-state index is 0.137. The Morgan fingerprint density at radius 3 is 2.15 bits per heavy atom. The zero-order chi connectivity index (χ0) is 19.4. The molecule has 0 aliphatic carbocycles. The summed E-state index contributed by atoms with van der Waals surface area (Å²) in [5.74, 6) is 0.137. The lowest BCUT2D eigenvalue weighted by Gasteiger charge is -2.26. The van der Waals surface area contributed by atoms with Crippen molar-refractivity contribution in [1.29, 1.82) is 0 Å². The standard InChI is InChI=1S/C19H32N4O3S/c1-17-8-9-18(2)23(17)14-5-7-19(24)20-10-6-13-22(16-15-20)27(25,26)21-11-3-4-12-21/h8-9H,3-7,10-16H2,1-2H3. The molecular weight excluding hydrogens is 364 g/mol. The van der Waals surface area contributed by atoms with Crippen molar-refractivity contribution in [3.8, 4) is 0 Å². The van der Waals surface area contributed by atoms with E-state index in [0.29, 0.717) is 52.1 Å². The van der Waals surface area contributed by atoms with Crippen LogP contribution in [0.1, 0.15) is 43.5 Å². The van der Waals surface area contributed by atoms with E-state index < -0.39 is 10.2 Å². The molecule has 3 heterocycles. The molecule has 2 saturated heterocycles. The number of rotatable bonds is 6. The van der Waals surface area contributed by atoms with Gasteiger partial charge in [0.25, 0.3) is 10.2 Å². The lowest BCUT2D eigenvalue weighted by atomic mass is 10.2. The van der Waals surface area contributed by atoms with Crippen molar-refractivity contribution in [2.24, 2.45) is 0 Å². The fourth-order valence-electron chi connectivity index (χ4n) is 4.05. The number of hydrogen-bond acceptors (Lipinski definition) is 3. The van der Waals surface area contributed by atoms with E-state index in [2.05, 4.69) is 30.5 Å². The summed E-state index contributed by atoms with van der Waals surface area (Å²) in [6, 6.07) is 4.20. The number of aromatic nitrogens is 1. The molecule has 0 bridgehead atoms. The highest BCUT2D eigenvalue weighted by atomic mass is 32.2. The maximum Gasteiger partial charge on any atom is 0.282 e. The molecule has 0 spiro atoms. The lowest BCUT2D eigenvalue weighted by molar-refractivity contribution is -0.131. The van der Waals surface area contributed by atoms with Gasteiger partial charge in [-0.2, -0.15) is 17.0 Å². The Balaban J connectivity index is 1.49. The first-order valence-electron chi connectivity index (χ1n) is 10.1. The Hall–Kier alpha value is -1.38. The highest BCUT2D eigenvalue weighted by Crippen LogP contribution is 2.18. The molecule has 1 amide bonds. The second kappa shape index (κ2) is 8.75. The molecule has 8 heteroatoms. The van der Waals surface area contributed by atoms with Crippen LogP contribution in [-0.2, 0) is 21.5 Å². The fraction of sp³-hybridized carbons (Fsp3) is 0.737. The zero-order valence-electron chi connectivity index (χ0n) is 16.6. The summed E-state index contributed by atoms with van der Waals surface area (Å²) in [5.41, 5.74) is 2.44. The number of aryl methyl sites for hydroxylation is 2. The normalized spacial score (nSPS) is 20.1. The Morgan fingerprint density at radius 2 is 1.48 bits per heavy atom. The third-order valence-electron chi connectivity index (χ3n) is 5.71. The highest BCUT2D eigenvalue weighted by molar-refractivity contribution is 7.86. The second-order valence-corrected chi connectivity index (χ2v) is 9.55. The van der Waals surface area contributed by atoms with Crippen molar-refractivity contribution in [1.82, 2.24) is 18.1 Å². The van der Waals surface area contributed by atoms with E-state index in [1.54, 1.807) is 8.61 Å². The van der Waals surface area contributed by atoms with Crippen LogP contribution < -0.4 is 0 Å². The molecule has 2 fully saturated rings. The summed E-state index contributed by atoms with van der Waals surface area (Å²) >= 11 is 0. The van der Waals surface area contributed by atoms with Gasteiger partial charge in [-0.25, -0.2) is 0 Å². The minimum Gasteiger partial charge on any atom is -0.349 e. The molecule has 0 aromatic carbocycles. The average Bonchev–Trinajstić information content (AvgIpc) is 3.20. The molecule has 0 atom stereocenters. The Kier molecular flexibility index (Phi) is 6.60. The minimum atomic E-state index is -3.36. The molecule has 27 heavy (non-hydrogen) atoms. The molecule has 0 radical (unpaired) electrons. The SMILES string of the molecule is Cc1ccc(C)n1CCCC(=O)N1CCCN(S(=O)(=O)N2CCCC2)CC1. The number of carbonyl (C=O) groups is 1. The third kappa shape index (κ3) is 4.73. The van der Waals surface area contributed by atoms with Gasteiger partial charge in [-0.15, -0.1) is 0 Å². The summed E-state index contributed by atoms with van der Waals surface area (Å²) < 4.78 is 30.9. The van der Waals surface area contributed by atoms with Gasteiger partial charge >= 0.3 is 0 Å². The van der Waals surface area contributed by atoms with Gasteiger partial charge < -0.3 is 9.47 Å². The van der Waals surface area contributed by atoms with Crippen molar-refractivity contribution in [3.63, 3.8) is 0 Å². The van der Waals surface area contributed by atoms with Gasteiger partial charge in [-0.3, -0.25) is 4.79 Å². The predicted octanol–water partition coefficient (Wildman–Crippen LogP) is 1.76. The first-order valence-corrected chi connectivity index (χ1v) is 11.4. The Labute approximate surface area is 163 Å². The maximum atomic E-state index is 12.7. The van der Waals surface area contributed by atoms with Crippen LogP contribution in [0.5, 0.6) is 0 Å². The summed E-state index contributed by atoms with van der Waals surface area (Å²) in [6.45, 7) is 8.31. The lowest BCUT2D eigenvalue weighted by Crippen LogP contribution is -2.44. The molecule has 1 aromatic rings. The first-order chi connectivity index (χ1) is 12.9. The van der Waals surface area contributed by atoms with Gasteiger partial charge in [0, 0.05) is 63.6 Å². The Morgan fingerprint density at radius 1 is 0.889 bits per heavy atom. The van der Waals surface area contributed by atoms with Crippen LogP contribution in [0.15, 0.2) is 12.1 Å². The number of carbonyl (C=O) groups excluding carboxylic acids is 1. The van der Waals surface area contributed by atoms with E-state index in [4.69, 9.17) is 0 Å². The van der Waals surface area contributed by atoms with Gasteiger partial charge in [-0.1, -0.05) is 0 Å². The quantitative estimate of drug-likeness (QED) is 0.736. The van der Waals surface area contributed by atoms with Crippen LogP contribution >= 0.6 is 0 Å². The summed E-state index contributed by atoms with van der Waals surface area (Å²) in [4.78, 5) is 14.4. The predicted molar refractivity (Wildman–Crippen MR) is 106 cm³/mol. The molecule has 1 aromatic heterocycles. The third-order valence-corrected chi connectivity index (χ3v) is 7.75. The molecule has 7 nitrogen and oxygen atoms in total. The van der Waals surface area contributed by atoms with Gasteiger partial charge in [0.2, 0.25) is 5.91 Å². The Bertz CT molecular complexity index is 734. The molecule has 2 aliphatic rings. The van der Waals surface area contributed by atoms with Crippen LogP contribution in [0.2, 0.25) is 0 Å². The topological polar surface area (TPSA) is 65.9 Å². The van der Waals surface area contributed by atoms with Crippen molar-refractivity contribution in [2.75, 3.05) is 39.3 Å². The van der Waals surface area contributed by atoms with Gasteiger partial charge in [0.15, 0.2) is 0 Å². The summed E-state index contributed by atoms with van der Waals surface area (Å²) in [6.07, 6.45) is 3.90. The van der Waals surface area contributed by atoms with Crippen molar-refractivity contribution in [3.05, 3.63) is 23.5 Å². The molecular formula is C19H32N4O3S. The maximum absolute atomic E-state index is 12.7. The van der Waals surface area contributed by atoms with Crippen molar-refractivity contribution >= 4 is 16.1 Å². The van der Waals surface area contributed by atoms with Gasteiger partial charge in [0.1, 0.15) is 0 Å². The zero-order valence-corrected chi connectivity index (χ0v) is 17.4. The van der Waals surface area contributed by atoms with Crippen LogP contribution in [-0.4, -0.2) is 71.7 Å². The second-order valence-electron chi connectivity index (χ2n) is 7.62. The first kappa shape index (κ1) is 20.4. The monoisotopic (exact) mass is 396 g/mol. The summed E-state index contributed by atoms with van der Waals surface area (Å²) in [7, 11) is -3.36. The van der Waals surface area contributed by atoms with Crippen LogP contribution in [0.25, 0.3) is 0 Å². The van der Waals surface area contributed by atoms with E-state index >= 15 is 0 Å². The van der Waals surface area contributed by atoms with Crippen LogP contribution in [0.4, 0.5) is 0 Å². The number of nitrogens with zero attached hydrogens (tertiary/aromatic N) is 4. The molecule has 152 valence electrons. The molecule has 3 rings (SSSR count). The van der Waals surface area contributed by atoms with E-state index in [0.717, 1.165) is 25.8 Å². The van der Waals surface area contributed by atoms with E-state index in [1.807, 2.05) is 4.90 Å². The largest absolute Gasteiger partial charge is 0.349 e.